The van der Waals surface area contributed by atoms with Crippen LogP contribution in [0.3, 0.4) is 0 Å². The van der Waals surface area contributed by atoms with Crippen molar-refractivity contribution in [2.45, 2.75) is 6.54 Å². The second-order valence-corrected chi connectivity index (χ2v) is 4.19. The highest BCUT2D eigenvalue weighted by Gasteiger charge is 2.09. The number of carbonyl (C=O) groups is 1. The molecule has 0 aromatic heterocycles. The van der Waals surface area contributed by atoms with Gasteiger partial charge in [0, 0.05) is 17.1 Å². The molecule has 0 amide bonds. The Morgan fingerprint density at radius 3 is 2.56 bits per heavy atom. The molecule has 0 saturated heterocycles. The monoisotopic (exact) mass is 281 g/mol. The highest BCUT2D eigenvalue weighted by atomic mass is 35.5. The minimum atomic E-state index is -0.353. The minimum absolute atomic E-state index is 0.0929. The molecular formula is C10H10Cl3NO2. The van der Waals surface area contributed by atoms with Gasteiger partial charge in [0.05, 0.1) is 23.7 Å². The van der Waals surface area contributed by atoms with Crippen LogP contribution in [0.4, 0.5) is 0 Å². The van der Waals surface area contributed by atoms with E-state index < -0.39 is 0 Å². The summed E-state index contributed by atoms with van der Waals surface area (Å²) in [6, 6.07) is 3.28. The Morgan fingerprint density at radius 1 is 1.31 bits per heavy atom. The average molecular weight is 283 g/mol. The molecule has 0 fully saturated rings. The molecule has 1 aromatic rings. The molecule has 0 bridgehead atoms. The summed E-state index contributed by atoms with van der Waals surface area (Å²) < 4.78 is 4.48. The topological polar surface area (TPSA) is 38.3 Å². The Morgan fingerprint density at radius 2 is 1.94 bits per heavy atom. The Balaban J connectivity index is 2.67. The predicted octanol–water partition coefficient (Wildman–Crippen LogP) is 2.91. The summed E-state index contributed by atoms with van der Waals surface area (Å²) in [7, 11) is 1.32. The third kappa shape index (κ3) is 3.52. The van der Waals surface area contributed by atoms with Crippen LogP contribution in [0.5, 0.6) is 0 Å². The molecule has 0 aliphatic rings. The van der Waals surface area contributed by atoms with E-state index in [0.29, 0.717) is 27.2 Å². The zero-order valence-corrected chi connectivity index (χ0v) is 10.8. The molecule has 6 heteroatoms. The number of esters is 1. The SMILES string of the molecule is COC(=O)CNCc1c(Cl)ccc(Cl)c1Cl. The molecule has 0 unspecified atom stereocenters. The van der Waals surface area contributed by atoms with E-state index in [1.165, 1.54) is 7.11 Å². The highest BCUT2D eigenvalue weighted by Crippen LogP contribution is 2.31. The molecule has 0 spiro atoms. The van der Waals surface area contributed by atoms with Crippen molar-refractivity contribution in [3.8, 4) is 0 Å². The van der Waals surface area contributed by atoms with Gasteiger partial charge in [-0.05, 0) is 12.1 Å². The number of nitrogens with one attached hydrogen (secondary N) is 1. The molecule has 0 heterocycles. The van der Waals surface area contributed by atoms with Crippen molar-refractivity contribution in [3.05, 3.63) is 32.8 Å². The molecule has 1 aromatic carbocycles. The van der Waals surface area contributed by atoms with E-state index in [-0.39, 0.29) is 12.5 Å². The largest absolute Gasteiger partial charge is 0.468 e. The van der Waals surface area contributed by atoms with Gasteiger partial charge in [-0.1, -0.05) is 34.8 Å². The molecule has 0 aliphatic heterocycles. The molecule has 0 atom stereocenters. The van der Waals surface area contributed by atoms with Gasteiger partial charge in [-0.2, -0.15) is 0 Å². The molecule has 0 aliphatic carbocycles. The number of benzene rings is 1. The summed E-state index contributed by atoms with van der Waals surface area (Å²) in [6.45, 7) is 0.447. The van der Waals surface area contributed by atoms with Gasteiger partial charge in [-0.25, -0.2) is 0 Å². The lowest BCUT2D eigenvalue weighted by molar-refractivity contribution is -0.139. The standard InChI is InChI=1S/C10H10Cl3NO2/c1-16-9(15)5-14-4-6-7(11)2-3-8(12)10(6)13/h2-3,14H,4-5H2,1H3. The summed E-state index contributed by atoms with van der Waals surface area (Å²) in [6.07, 6.45) is 0. The van der Waals surface area contributed by atoms with E-state index in [4.69, 9.17) is 34.8 Å². The van der Waals surface area contributed by atoms with Crippen LogP contribution in [0, 0.1) is 0 Å². The summed E-state index contributed by atoms with van der Waals surface area (Å²) in [5.41, 5.74) is 0.666. The minimum Gasteiger partial charge on any atom is -0.468 e. The molecule has 88 valence electrons. The maximum atomic E-state index is 10.9. The van der Waals surface area contributed by atoms with Crippen LogP contribution in [0.2, 0.25) is 15.1 Å². The van der Waals surface area contributed by atoms with Gasteiger partial charge < -0.3 is 10.1 Å². The Kier molecular flexibility index (Phi) is 5.35. The number of hydrogen-bond acceptors (Lipinski definition) is 3. The van der Waals surface area contributed by atoms with E-state index in [1.54, 1.807) is 12.1 Å². The summed E-state index contributed by atoms with van der Waals surface area (Å²) in [5, 5.41) is 4.19. The Hall–Kier alpha value is -0.480. The lowest BCUT2D eigenvalue weighted by Gasteiger charge is -2.09. The van der Waals surface area contributed by atoms with Crippen molar-refractivity contribution in [2.24, 2.45) is 0 Å². The maximum Gasteiger partial charge on any atom is 0.319 e. The van der Waals surface area contributed by atoms with Crippen molar-refractivity contribution in [1.82, 2.24) is 5.32 Å². The Bertz CT molecular complexity index is 396. The zero-order chi connectivity index (χ0) is 12.1. The first-order chi connectivity index (χ1) is 7.56. The molecule has 1 N–H and O–H groups in total. The predicted molar refractivity (Wildman–Crippen MR) is 65.2 cm³/mol. The first-order valence-electron chi connectivity index (χ1n) is 4.46. The van der Waals surface area contributed by atoms with Crippen molar-refractivity contribution in [2.75, 3.05) is 13.7 Å². The van der Waals surface area contributed by atoms with E-state index >= 15 is 0 Å². The van der Waals surface area contributed by atoms with Crippen LogP contribution in [0.1, 0.15) is 5.56 Å². The maximum absolute atomic E-state index is 10.9. The number of methoxy groups -OCH3 is 1. The molecule has 0 saturated carbocycles. The van der Waals surface area contributed by atoms with Crippen molar-refractivity contribution >= 4 is 40.8 Å². The summed E-state index contributed by atoms with van der Waals surface area (Å²) in [5.74, 6) is -0.353. The van der Waals surface area contributed by atoms with Crippen LogP contribution in [0.15, 0.2) is 12.1 Å². The van der Waals surface area contributed by atoms with Gasteiger partial charge in [0.15, 0.2) is 0 Å². The molecule has 3 nitrogen and oxygen atoms in total. The molecule has 16 heavy (non-hydrogen) atoms. The number of rotatable bonds is 4. The molecular weight excluding hydrogens is 272 g/mol. The Labute approximate surface area is 109 Å². The van der Waals surface area contributed by atoms with E-state index in [2.05, 4.69) is 10.1 Å². The van der Waals surface area contributed by atoms with Gasteiger partial charge in [0.25, 0.3) is 0 Å². The second-order valence-electron chi connectivity index (χ2n) is 3.00. The second kappa shape index (κ2) is 6.30. The third-order valence-electron chi connectivity index (χ3n) is 1.94. The average Bonchev–Trinajstić information content (AvgIpc) is 2.28. The highest BCUT2D eigenvalue weighted by molar-refractivity contribution is 6.44. The quantitative estimate of drug-likeness (QED) is 0.682. The van der Waals surface area contributed by atoms with Gasteiger partial charge >= 0.3 is 5.97 Å². The summed E-state index contributed by atoms with van der Waals surface area (Å²) in [4.78, 5) is 10.9. The molecule has 0 radical (unpaired) electrons. The smallest absolute Gasteiger partial charge is 0.319 e. The number of carbonyl (C=O) groups excluding carboxylic acids is 1. The van der Waals surface area contributed by atoms with E-state index in [1.807, 2.05) is 0 Å². The fourth-order valence-electron chi connectivity index (χ4n) is 1.09. The van der Waals surface area contributed by atoms with Gasteiger partial charge in [-0.3, -0.25) is 4.79 Å². The van der Waals surface area contributed by atoms with Crippen LogP contribution < -0.4 is 5.32 Å². The lowest BCUT2D eigenvalue weighted by atomic mass is 10.2. The van der Waals surface area contributed by atoms with Crippen LogP contribution >= 0.6 is 34.8 Å². The van der Waals surface area contributed by atoms with Crippen molar-refractivity contribution in [1.29, 1.82) is 0 Å². The fourth-order valence-corrected chi connectivity index (χ4v) is 1.77. The van der Waals surface area contributed by atoms with Gasteiger partial charge in [0.1, 0.15) is 0 Å². The van der Waals surface area contributed by atoms with Crippen molar-refractivity contribution < 1.29 is 9.53 Å². The number of halogens is 3. The fraction of sp³-hybridized carbons (Fsp3) is 0.300. The van der Waals surface area contributed by atoms with Gasteiger partial charge in [-0.15, -0.1) is 0 Å². The number of hydrogen-bond donors (Lipinski definition) is 1. The third-order valence-corrected chi connectivity index (χ3v) is 3.14. The normalized spacial score (nSPS) is 10.2. The van der Waals surface area contributed by atoms with E-state index in [0.717, 1.165) is 0 Å². The molecule has 1 rings (SSSR count). The van der Waals surface area contributed by atoms with Crippen molar-refractivity contribution in [3.63, 3.8) is 0 Å². The van der Waals surface area contributed by atoms with Crippen LogP contribution in [0.25, 0.3) is 0 Å². The first-order valence-corrected chi connectivity index (χ1v) is 5.59. The van der Waals surface area contributed by atoms with Crippen LogP contribution in [-0.4, -0.2) is 19.6 Å². The lowest BCUT2D eigenvalue weighted by Crippen LogP contribution is -2.23. The first kappa shape index (κ1) is 13.6. The number of ether oxygens (including phenoxy) is 1. The summed E-state index contributed by atoms with van der Waals surface area (Å²) >= 11 is 17.8. The zero-order valence-electron chi connectivity index (χ0n) is 8.52. The van der Waals surface area contributed by atoms with Gasteiger partial charge in [0.2, 0.25) is 0 Å². The van der Waals surface area contributed by atoms with Crippen LogP contribution in [-0.2, 0) is 16.1 Å². The van der Waals surface area contributed by atoms with E-state index in [9.17, 15) is 4.79 Å².